The quantitative estimate of drug-likeness (QED) is 0.757. The van der Waals surface area contributed by atoms with Crippen LogP contribution in [0.4, 0.5) is 10.5 Å². The van der Waals surface area contributed by atoms with Crippen molar-refractivity contribution in [2.45, 2.75) is 12.6 Å². The average molecular weight is 218 g/mol. The second kappa shape index (κ2) is 3.79. The molecule has 0 aromatic heterocycles. The minimum atomic E-state index is -0.233. The molecule has 2 saturated heterocycles. The fraction of sp³-hybridized carbons (Fsp3) is 0.417. The summed E-state index contributed by atoms with van der Waals surface area (Å²) in [6.07, 6.45) is 1.07. The van der Waals surface area contributed by atoms with Crippen LogP contribution in [0.25, 0.3) is 0 Å². The highest BCUT2D eigenvalue weighted by molar-refractivity contribution is 5.90. The first-order valence-electron chi connectivity index (χ1n) is 5.61. The molecular formula is C12H14N2O2. The van der Waals surface area contributed by atoms with E-state index in [9.17, 15) is 4.79 Å². The van der Waals surface area contributed by atoms with Crippen LogP contribution in [0, 0.1) is 0 Å². The summed E-state index contributed by atoms with van der Waals surface area (Å²) in [7, 11) is 0. The van der Waals surface area contributed by atoms with Crippen molar-refractivity contribution >= 4 is 11.8 Å². The topological polar surface area (TPSA) is 32.8 Å². The number of nitrogens with zero attached hydrogens (tertiary/aromatic N) is 2. The van der Waals surface area contributed by atoms with Gasteiger partial charge >= 0.3 is 6.09 Å². The second-order valence-electron chi connectivity index (χ2n) is 4.15. The summed E-state index contributed by atoms with van der Waals surface area (Å²) in [5.41, 5.74) is 0.918. The predicted octanol–water partition coefficient (Wildman–Crippen LogP) is 1.68. The first-order valence-corrected chi connectivity index (χ1v) is 5.61. The van der Waals surface area contributed by atoms with Crippen molar-refractivity contribution in [3.8, 4) is 0 Å². The minimum Gasteiger partial charge on any atom is -0.445 e. The minimum absolute atomic E-state index is 0.0867. The number of hydrogen-bond donors (Lipinski definition) is 0. The molecule has 2 heterocycles. The van der Waals surface area contributed by atoms with Gasteiger partial charge in [0, 0.05) is 18.8 Å². The van der Waals surface area contributed by atoms with E-state index in [1.54, 1.807) is 4.90 Å². The van der Waals surface area contributed by atoms with Crippen molar-refractivity contribution < 1.29 is 9.53 Å². The van der Waals surface area contributed by atoms with Crippen LogP contribution in [0.2, 0.25) is 0 Å². The summed E-state index contributed by atoms with van der Waals surface area (Å²) in [6.45, 7) is 2.60. The molecule has 4 heteroatoms. The third-order valence-electron chi connectivity index (χ3n) is 3.20. The molecule has 3 rings (SSSR count). The number of hydrogen-bond acceptors (Lipinski definition) is 3. The van der Waals surface area contributed by atoms with Crippen molar-refractivity contribution in [2.24, 2.45) is 0 Å². The van der Waals surface area contributed by atoms with E-state index in [1.807, 2.05) is 30.3 Å². The number of amides is 1. The first-order chi connectivity index (χ1) is 7.86. The molecule has 0 aliphatic carbocycles. The van der Waals surface area contributed by atoms with Gasteiger partial charge in [0.2, 0.25) is 0 Å². The maximum atomic E-state index is 11.7. The zero-order valence-electron chi connectivity index (χ0n) is 9.00. The zero-order chi connectivity index (χ0) is 11.0. The monoisotopic (exact) mass is 218 g/mol. The van der Waals surface area contributed by atoms with E-state index in [4.69, 9.17) is 4.74 Å². The maximum absolute atomic E-state index is 11.7. The molecule has 1 unspecified atom stereocenters. The lowest BCUT2D eigenvalue weighted by atomic mass is 10.2. The molecule has 1 aromatic rings. The van der Waals surface area contributed by atoms with Crippen LogP contribution in [0.15, 0.2) is 30.3 Å². The molecule has 2 fully saturated rings. The molecule has 0 N–H and O–H groups in total. The molecule has 16 heavy (non-hydrogen) atoms. The maximum Gasteiger partial charge on any atom is 0.415 e. The Morgan fingerprint density at radius 3 is 2.56 bits per heavy atom. The number of rotatable bonds is 2. The molecule has 2 aliphatic heterocycles. The van der Waals surface area contributed by atoms with Gasteiger partial charge in [-0.1, -0.05) is 18.2 Å². The number of cyclic esters (lactones) is 1. The zero-order valence-corrected chi connectivity index (χ0v) is 9.00. The van der Waals surface area contributed by atoms with Crippen LogP contribution < -0.4 is 4.90 Å². The average Bonchev–Trinajstić information content (AvgIpc) is 2.59. The highest BCUT2D eigenvalue weighted by atomic mass is 16.6. The van der Waals surface area contributed by atoms with Gasteiger partial charge in [-0.3, -0.25) is 9.80 Å². The Morgan fingerprint density at radius 2 is 1.94 bits per heavy atom. The van der Waals surface area contributed by atoms with Gasteiger partial charge in [-0.05, 0) is 18.6 Å². The van der Waals surface area contributed by atoms with Crippen molar-refractivity contribution in [2.75, 3.05) is 24.6 Å². The molecule has 4 nitrogen and oxygen atoms in total. The lowest BCUT2D eigenvalue weighted by Crippen LogP contribution is -2.53. The fourth-order valence-electron chi connectivity index (χ4n) is 2.19. The molecule has 1 amide bonds. The van der Waals surface area contributed by atoms with E-state index in [0.29, 0.717) is 6.61 Å². The largest absolute Gasteiger partial charge is 0.445 e. The summed E-state index contributed by atoms with van der Waals surface area (Å²) in [5, 5.41) is 0. The summed E-state index contributed by atoms with van der Waals surface area (Å²) in [4.78, 5) is 15.7. The van der Waals surface area contributed by atoms with Gasteiger partial charge in [-0.15, -0.1) is 0 Å². The van der Waals surface area contributed by atoms with Crippen LogP contribution in [-0.4, -0.2) is 36.9 Å². The van der Waals surface area contributed by atoms with Gasteiger partial charge in [0.25, 0.3) is 0 Å². The molecule has 2 aliphatic rings. The van der Waals surface area contributed by atoms with Crippen molar-refractivity contribution in [1.82, 2.24) is 4.90 Å². The van der Waals surface area contributed by atoms with Crippen LogP contribution in [0.3, 0.4) is 0 Å². The highest BCUT2D eigenvalue weighted by Crippen LogP contribution is 2.27. The van der Waals surface area contributed by atoms with Crippen molar-refractivity contribution in [1.29, 1.82) is 0 Å². The van der Waals surface area contributed by atoms with Crippen molar-refractivity contribution in [3.63, 3.8) is 0 Å². The van der Waals surface area contributed by atoms with E-state index in [-0.39, 0.29) is 12.3 Å². The van der Waals surface area contributed by atoms with Crippen LogP contribution >= 0.6 is 0 Å². The van der Waals surface area contributed by atoms with Gasteiger partial charge in [0.15, 0.2) is 0 Å². The molecule has 0 spiro atoms. The number of likely N-dealkylation sites (tertiary alicyclic amines) is 1. The SMILES string of the molecule is O=C1OCC(N2CCC2)N1c1ccccc1. The van der Waals surface area contributed by atoms with Gasteiger partial charge in [0.05, 0.1) is 0 Å². The Morgan fingerprint density at radius 1 is 1.19 bits per heavy atom. The fourth-order valence-corrected chi connectivity index (χ4v) is 2.19. The van der Waals surface area contributed by atoms with Crippen LogP contribution in [0.1, 0.15) is 6.42 Å². The Kier molecular flexibility index (Phi) is 2.29. The van der Waals surface area contributed by atoms with Gasteiger partial charge in [-0.2, -0.15) is 0 Å². The summed E-state index contributed by atoms with van der Waals surface area (Å²) in [6, 6.07) is 9.71. The molecule has 0 bridgehead atoms. The van der Waals surface area contributed by atoms with E-state index >= 15 is 0 Å². The third kappa shape index (κ3) is 1.46. The van der Waals surface area contributed by atoms with E-state index in [1.165, 1.54) is 6.42 Å². The number of anilines is 1. The smallest absolute Gasteiger partial charge is 0.415 e. The van der Waals surface area contributed by atoms with Crippen LogP contribution in [-0.2, 0) is 4.74 Å². The summed E-state index contributed by atoms with van der Waals surface area (Å²) >= 11 is 0. The molecule has 0 saturated carbocycles. The molecule has 84 valence electrons. The van der Waals surface area contributed by atoms with Gasteiger partial charge in [-0.25, -0.2) is 4.79 Å². The lowest BCUT2D eigenvalue weighted by molar-refractivity contribution is 0.102. The molecule has 0 radical (unpaired) electrons. The second-order valence-corrected chi connectivity index (χ2v) is 4.15. The Hall–Kier alpha value is -1.55. The first kappa shape index (κ1) is 9.66. The van der Waals surface area contributed by atoms with E-state index in [0.717, 1.165) is 18.8 Å². The van der Waals surface area contributed by atoms with E-state index < -0.39 is 0 Å². The number of ether oxygens (including phenoxy) is 1. The van der Waals surface area contributed by atoms with E-state index in [2.05, 4.69) is 4.90 Å². The molecule has 1 aromatic carbocycles. The number of carbonyl (C=O) groups excluding carboxylic acids is 1. The summed E-state index contributed by atoms with van der Waals surface area (Å²) < 4.78 is 5.13. The molecule has 1 atom stereocenters. The van der Waals surface area contributed by atoms with Crippen molar-refractivity contribution in [3.05, 3.63) is 30.3 Å². The lowest BCUT2D eigenvalue weighted by Gasteiger charge is -2.38. The third-order valence-corrected chi connectivity index (χ3v) is 3.20. The highest BCUT2D eigenvalue weighted by Gasteiger charge is 2.39. The Labute approximate surface area is 94.4 Å². The molecular weight excluding hydrogens is 204 g/mol. The standard InChI is InChI=1S/C12H14N2O2/c15-12-14(10-5-2-1-3-6-10)11(9-16-12)13-7-4-8-13/h1-3,5-6,11H,4,7-9H2. The Balaban J connectivity index is 1.87. The van der Waals surface area contributed by atoms with Crippen LogP contribution in [0.5, 0.6) is 0 Å². The van der Waals surface area contributed by atoms with Gasteiger partial charge < -0.3 is 4.74 Å². The number of para-hydroxylation sites is 1. The normalized spacial score (nSPS) is 25.4. The number of carbonyl (C=O) groups is 1. The summed E-state index contributed by atoms with van der Waals surface area (Å²) in [5.74, 6) is 0. The predicted molar refractivity (Wildman–Crippen MR) is 60.2 cm³/mol. The Bertz CT molecular complexity index is 389. The number of benzene rings is 1. The van der Waals surface area contributed by atoms with Gasteiger partial charge in [0.1, 0.15) is 12.8 Å².